The summed E-state index contributed by atoms with van der Waals surface area (Å²) in [5, 5.41) is 2.12. The maximum absolute atomic E-state index is 6.73. The highest BCUT2D eigenvalue weighted by molar-refractivity contribution is 6.68. The molecule has 0 bridgehead atoms. The van der Waals surface area contributed by atoms with Gasteiger partial charge in [-0.05, 0) is 51.1 Å². The van der Waals surface area contributed by atoms with Gasteiger partial charge in [0.05, 0.1) is 0 Å². The molecule has 0 spiro atoms. The fraction of sp³-hybridized carbons (Fsp3) is 0. The topological polar surface area (TPSA) is 51.8 Å². The summed E-state index contributed by atoms with van der Waals surface area (Å²) in [5.74, 6) is 1.84. The van der Waals surface area contributed by atoms with E-state index in [1.165, 1.54) is 60.7 Å². The molecule has 0 atom stereocenters. The molecule has 0 N–H and O–H groups in total. The second kappa shape index (κ2) is 15.2. The van der Waals surface area contributed by atoms with Crippen LogP contribution in [0.3, 0.4) is 0 Å². The van der Waals surface area contributed by atoms with Gasteiger partial charge in [0.25, 0.3) is 0 Å². The summed E-state index contributed by atoms with van der Waals surface area (Å²) in [6, 6.07) is 59.4. The van der Waals surface area contributed by atoms with Crippen molar-refractivity contribution < 1.29 is 4.42 Å². The zero-order chi connectivity index (χ0) is 40.9. The first-order valence-corrected chi connectivity index (χ1v) is 20.5. The third-order valence-corrected chi connectivity index (χ3v) is 12.4. The van der Waals surface area contributed by atoms with Crippen LogP contribution in [0.4, 0.5) is 0 Å². The standard InChI is InChI=1S/C51H38B5N3O/c52-43-42(44(53)46(55)47(56)45(43)54)34-22-24-36(25-23-34)50-57-49(35-10-5-2-6-11-35)58-51(59-50)37-26-27-39-40-13-7-12-38(48(40)60-41(39)28-37)33-20-18-32(19-21-33)31-16-14-30(15-17-31)29-8-3-1-4-9-29/h1-28H,52-56H2. The Kier molecular flexibility index (Phi) is 9.45. The molecule has 60 heavy (non-hydrogen) atoms. The van der Waals surface area contributed by atoms with Crippen molar-refractivity contribution in [3.05, 3.63) is 170 Å². The summed E-state index contributed by atoms with van der Waals surface area (Å²) >= 11 is 0. The van der Waals surface area contributed by atoms with Crippen LogP contribution in [0.1, 0.15) is 0 Å². The van der Waals surface area contributed by atoms with Gasteiger partial charge in [0.15, 0.2) is 17.5 Å². The van der Waals surface area contributed by atoms with E-state index in [-0.39, 0.29) is 0 Å². The molecule has 4 nitrogen and oxygen atoms in total. The number of hydrogen-bond acceptors (Lipinski definition) is 4. The van der Waals surface area contributed by atoms with Crippen molar-refractivity contribution in [2.75, 3.05) is 0 Å². The molecule has 0 amide bonds. The summed E-state index contributed by atoms with van der Waals surface area (Å²) in [5.41, 5.74) is 20.5. The van der Waals surface area contributed by atoms with E-state index >= 15 is 0 Å². The van der Waals surface area contributed by atoms with Crippen molar-refractivity contribution >= 4 is 88.5 Å². The van der Waals surface area contributed by atoms with E-state index in [1.807, 2.05) is 36.4 Å². The van der Waals surface area contributed by atoms with Crippen LogP contribution in [0.15, 0.2) is 174 Å². The van der Waals surface area contributed by atoms with Crippen LogP contribution >= 0.6 is 0 Å². The van der Waals surface area contributed by atoms with Crippen LogP contribution in [-0.2, 0) is 0 Å². The maximum Gasteiger partial charge on any atom is 0.164 e. The van der Waals surface area contributed by atoms with Gasteiger partial charge >= 0.3 is 0 Å². The highest BCUT2D eigenvalue weighted by Crippen LogP contribution is 2.38. The molecule has 0 unspecified atom stereocenters. The molecule has 0 aliphatic carbocycles. The zero-order valence-electron chi connectivity index (χ0n) is 34.4. The smallest absolute Gasteiger partial charge is 0.164 e. The predicted molar refractivity (Wildman–Crippen MR) is 266 cm³/mol. The normalized spacial score (nSPS) is 11.3. The molecule has 10 rings (SSSR count). The van der Waals surface area contributed by atoms with E-state index in [0.29, 0.717) is 17.5 Å². The quantitative estimate of drug-likeness (QED) is 0.221. The van der Waals surface area contributed by atoms with Crippen LogP contribution in [-0.4, -0.2) is 54.2 Å². The Morgan fingerprint density at radius 2 is 0.733 bits per heavy atom. The van der Waals surface area contributed by atoms with Crippen molar-refractivity contribution in [3.63, 3.8) is 0 Å². The number of benzene rings is 8. The van der Waals surface area contributed by atoms with Gasteiger partial charge in [-0.15, -0.1) is 16.4 Å². The van der Waals surface area contributed by atoms with Gasteiger partial charge in [-0.2, -0.15) is 0 Å². The van der Waals surface area contributed by atoms with Crippen LogP contribution < -0.4 is 27.3 Å². The van der Waals surface area contributed by atoms with Crippen molar-refractivity contribution in [2.24, 2.45) is 0 Å². The van der Waals surface area contributed by atoms with Gasteiger partial charge in [0.2, 0.25) is 0 Å². The lowest BCUT2D eigenvalue weighted by atomic mass is 9.59. The maximum atomic E-state index is 6.73. The van der Waals surface area contributed by atoms with Crippen LogP contribution in [0.5, 0.6) is 0 Å². The number of nitrogens with zero attached hydrogens (tertiary/aromatic N) is 3. The highest BCUT2D eigenvalue weighted by Gasteiger charge is 2.18. The summed E-state index contributed by atoms with van der Waals surface area (Å²) in [6.07, 6.45) is 0. The molecule has 9 heteroatoms. The number of aromatic nitrogens is 3. The Balaban J connectivity index is 1.000. The van der Waals surface area contributed by atoms with Crippen molar-refractivity contribution in [1.29, 1.82) is 0 Å². The molecule has 278 valence electrons. The second-order valence-electron chi connectivity index (χ2n) is 15.8. The van der Waals surface area contributed by atoms with Gasteiger partial charge in [0.1, 0.15) is 50.4 Å². The fourth-order valence-electron chi connectivity index (χ4n) is 8.56. The van der Waals surface area contributed by atoms with Gasteiger partial charge in [0, 0.05) is 33.0 Å². The molecule has 10 aromatic rings. The van der Waals surface area contributed by atoms with Crippen LogP contribution in [0, 0.1) is 0 Å². The number of hydrogen-bond donors (Lipinski definition) is 0. The minimum Gasteiger partial charge on any atom is -0.455 e. The molecule has 0 saturated heterocycles. The Hall–Kier alpha value is -7.11. The number of fused-ring (bicyclic) bond motifs is 3. The largest absolute Gasteiger partial charge is 0.455 e. The minimum absolute atomic E-state index is 0.592. The highest BCUT2D eigenvalue weighted by atomic mass is 16.3. The summed E-state index contributed by atoms with van der Waals surface area (Å²) in [7, 11) is 11.1. The summed E-state index contributed by atoms with van der Waals surface area (Å²) in [4.78, 5) is 15.1. The molecule has 0 aliphatic rings. The minimum atomic E-state index is 0.592. The number of rotatable bonds is 7. The van der Waals surface area contributed by atoms with E-state index in [1.54, 1.807) is 0 Å². The molecule has 8 aromatic carbocycles. The van der Waals surface area contributed by atoms with E-state index in [9.17, 15) is 0 Å². The third kappa shape index (κ3) is 6.66. The molecule has 0 fully saturated rings. The van der Waals surface area contributed by atoms with E-state index in [2.05, 4.69) is 173 Å². The Morgan fingerprint density at radius 1 is 0.317 bits per heavy atom. The Labute approximate surface area is 354 Å². The fourth-order valence-corrected chi connectivity index (χ4v) is 8.56. The zero-order valence-corrected chi connectivity index (χ0v) is 34.4. The number of furan rings is 1. The van der Waals surface area contributed by atoms with Gasteiger partial charge in [-0.3, -0.25) is 0 Å². The lowest BCUT2D eigenvalue weighted by Gasteiger charge is -2.20. The average molecular weight is 763 g/mol. The lowest BCUT2D eigenvalue weighted by Crippen LogP contribution is -2.55. The molecule has 0 aliphatic heterocycles. The van der Waals surface area contributed by atoms with Crippen LogP contribution in [0.2, 0.25) is 0 Å². The monoisotopic (exact) mass is 763 g/mol. The SMILES string of the molecule is Bc1c(B)c(B)c(-c2ccc(-c3nc(-c4ccccc4)nc(-c4ccc5c(c4)oc4c(-c6ccc(-c7ccc(-c8ccccc8)cc7)cc6)cccc45)n3)cc2)c(B)c1B. The van der Waals surface area contributed by atoms with Gasteiger partial charge in [-0.25, -0.2) is 15.0 Å². The second-order valence-corrected chi connectivity index (χ2v) is 15.8. The number of para-hydroxylation sites is 1. The Bertz CT molecular complexity index is 3200. The van der Waals surface area contributed by atoms with E-state index < -0.39 is 0 Å². The molecule has 0 radical (unpaired) electrons. The third-order valence-electron chi connectivity index (χ3n) is 12.4. The molecular formula is C51H38B5N3O. The van der Waals surface area contributed by atoms with E-state index in [4.69, 9.17) is 19.4 Å². The van der Waals surface area contributed by atoms with Crippen LogP contribution in [0.25, 0.3) is 101 Å². The molecule has 2 heterocycles. The molecule has 2 aromatic heterocycles. The van der Waals surface area contributed by atoms with Gasteiger partial charge < -0.3 is 4.42 Å². The first-order valence-electron chi connectivity index (χ1n) is 20.5. The van der Waals surface area contributed by atoms with E-state index in [0.717, 1.165) is 49.8 Å². The lowest BCUT2D eigenvalue weighted by molar-refractivity contribution is 0.670. The predicted octanol–water partition coefficient (Wildman–Crippen LogP) is 4.73. The molecular weight excluding hydrogens is 725 g/mol. The van der Waals surface area contributed by atoms with Crippen molar-refractivity contribution in [3.8, 4) is 78.7 Å². The van der Waals surface area contributed by atoms with Crippen molar-refractivity contribution in [2.45, 2.75) is 0 Å². The molecule has 0 saturated carbocycles. The van der Waals surface area contributed by atoms with Gasteiger partial charge in [-0.1, -0.05) is 169 Å². The average Bonchev–Trinajstić information content (AvgIpc) is 3.69. The first kappa shape index (κ1) is 37.2. The first-order chi connectivity index (χ1) is 29.3. The Morgan fingerprint density at radius 3 is 1.30 bits per heavy atom. The summed E-state index contributed by atoms with van der Waals surface area (Å²) in [6.45, 7) is 0. The van der Waals surface area contributed by atoms with Crippen molar-refractivity contribution in [1.82, 2.24) is 15.0 Å². The summed E-state index contributed by atoms with van der Waals surface area (Å²) < 4.78 is 6.73.